The minimum Gasteiger partial charge on any atom is -0.485 e. The Morgan fingerprint density at radius 1 is 0.794 bits per heavy atom. The number of halogens is 2. The maximum Gasteiger partial charge on any atom is 0.191 e. The number of benzene rings is 1. The zero-order valence-corrected chi connectivity index (χ0v) is 22.2. The third kappa shape index (κ3) is 8.23. The molecule has 0 amide bonds. The fourth-order valence-electron chi connectivity index (χ4n) is 6.60. The van der Waals surface area contributed by atoms with Crippen LogP contribution in [0.2, 0.25) is 0 Å². The molecule has 0 spiro atoms. The number of unbranched alkanes of at least 4 members (excludes halogenated alkanes) is 5. The average molecular weight is 481 g/mol. The fraction of sp³-hybridized carbons (Fsp3) is 0.806. The molecule has 2 saturated carbocycles. The molecule has 0 N–H and O–H groups in total. The Hall–Kier alpha value is -1.12. The molecule has 0 heterocycles. The second-order valence-corrected chi connectivity index (χ2v) is 11.5. The van der Waals surface area contributed by atoms with E-state index in [0.717, 1.165) is 55.4 Å². The minimum absolute atomic E-state index is 0. The van der Waals surface area contributed by atoms with Gasteiger partial charge in [0.15, 0.2) is 17.4 Å². The first-order chi connectivity index (χ1) is 16.5. The fourth-order valence-corrected chi connectivity index (χ4v) is 6.60. The third-order valence-electron chi connectivity index (χ3n) is 8.82. The number of rotatable bonds is 13. The predicted molar refractivity (Wildman–Crippen MR) is 144 cm³/mol. The van der Waals surface area contributed by atoms with E-state index in [4.69, 9.17) is 4.74 Å². The van der Waals surface area contributed by atoms with E-state index in [1.165, 1.54) is 77.0 Å². The minimum atomic E-state index is -0.529. The molecule has 2 fully saturated rings. The molecule has 0 saturated heterocycles. The van der Waals surface area contributed by atoms with Crippen molar-refractivity contribution in [1.82, 2.24) is 0 Å². The van der Waals surface area contributed by atoms with Gasteiger partial charge in [0.1, 0.15) is 0 Å². The Bertz CT molecular complexity index is 690. The Morgan fingerprint density at radius 3 is 1.94 bits per heavy atom. The normalized spacial score (nSPS) is 26.4. The molecule has 1 aromatic rings. The summed E-state index contributed by atoms with van der Waals surface area (Å²) in [5, 5.41) is 0. The van der Waals surface area contributed by atoms with E-state index in [1.54, 1.807) is 12.1 Å². The molecule has 34 heavy (non-hydrogen) atoms. The summed E-state index contributed by atoms with van der Waals surface area (Å²) in [4.78, 5) is 0. The molecule has 198 valence electrons. The lowest BCUT2D eigenvalue weighted by Gasteiger charge is -2.38. The molecular weight excluding hydrogens is 426 g/mol. The van der Waals surface area contributed by atoms with Crippen LogP contribution in [0.5, 0.6) is 5.75 Å². The standard InChI is InChI=1S/C31H50F2O.2H2/c1-4-6-8-10-11-23(3)34-31-29(32)21-28(22-30(31)33)27-19-17-26(18-20-27)25-15-13-24(14-16-25)12-9-7-5-2;;/h21-27H,4-20H2,1-3H3;2*1H. The maximum atomic E-state index is 14.8. The quantitative estimate of drug-likeness (QED) is 0.255. The molecule has 1 atom stereocenters. The first kappa shape index (κ1) is 27.5. The van der Waals surface area contributed by atoms with E-state index in [2.05, 4.69) is 13.8 Å². The zero-order valence-electron chi connectivity index (χ0n) is 22.2. The summed E-state index contributed by atoms with van der Waals surface area (Å²) in [6.07, 6.45) is 21.0. The van der Waals surface area contributed by atoms with Gasteiger partial charge in [0.25, 0.3) is 0 Å². The van der Waals surface area contributed by atoms with Crippen LogP contribution in [0.3, 0.4) is 0 Å². The molecule has 0 bridgehead atoms. The van der Waals surface area contributed by atoms with E-state index < -0.39 is 11.6 Å². The topological polar surface area (TPSA) is 9.23 Å². The van der Waals surface area contributed by atoms with Crippen molar-refractivity contribution in [2.45, 2.75) is 142 Å². The molecule has 1 aromatic carbocycles. The van der Waals surface area contributed by atoms with Crippen LogP contribution in [-0.2, 0) is 0 Å². The second-order valence-electron chi connectivity index (χ2n) is 11.5. The Balaban J connectivity index is 0.00000324. The predicted octanol–water partition coefficient (Wildman–Crippen LogP) is 10.9. The van der Waals surface area contributed by atoms with Crippen molar-refractivity contribution in [2.75, 3.05) is 0 Å². The van der Waals surface area contributed by atoms with Gasteiger partial charge in [-0.2, -0.15) is 0 Å². The van der Waals surface area contributed by atoms with Crippen LogP contribution in [-0.4, -0.2) is 6.10 Å². The molecular formula is C31H54F2O. The summed E-state index contributed by atoms with van der Waals surface area (Å²) in [7, 11) is 0. The number of ether oxygens (including phenoxy) is 1. The monoisotopic (exact) mass is 480 g/mol. The largest absolute Gasteiger partial charge is 0.485 e. The van der Waals surface area contributed by atoms with Crippen molar-refractivity contribution in [3.05, 3.63) is 29.3 Å². The second kappa shape index (κ2) is 14.4. The highest BCUT2D eigenvalue weighted by Gasteiger charge is 2.31. The highest BCUT2D eigenvalue weighted by Crippen LogP contribution is 2.45. The molecule has 0 aromatic heterocycles. The highest BCUT2D eigenvalue weighted by molar-refractivity contribution is 5.33. The summed E-state index contributed by atoms with van der Waals surface area (Å²) in [6.45, 7) is 6.38. The molecule has 0 aliphatic heterocycles. The lowest BCUT2D eigenvalue weighted by molar-refractivity contribution is 0.155. The summed E-state index contributed by atoms with van der Waals surface area (Å²) >= 11 is 0. The van der Waals surface area contributed by atoms with E-state index in [0.29, 0.717) is 0 Å². The average Bonchev–Trinajstić information content (AvgIpc) is 2.85. The first-order valence-electron chi connectivity index (χ1n) is 14.7. The van der Waals surface area contributed by atoms with Crippen molar-refractivity contribution < 1.29 is 16.4 Å². The Morgan fingerprint density at radius 2 is 1.35 bits per heavy atom. The maximum absolute atomic E-state index is 14.8. The lowest BCUT2D eigenvalue weighted by atomic mass is 9.68. The van der Waals surface area contributed by atoms with Crippen LogP contribution in [0.4, 0.5) is 8.78 Å². The van der Waals surface area contributed by atoms with E-state index >= 15 is 0 Å². The zero-order chi connectivity index (χ0) is 24.3. The first-order valence-corrected chi connectivity index (χ1v) is 14.7. The van der Waals surface area contributed by atoms with Gasteiger partial charge in [-0.25, -0.2) is 8.78 Å². The highest BCUT2D eigenvalue weighted by atomic mass is 19.1. The van der Waals surface area contributed by atoms with Crippen LogP contribution in [0.25, 0.3) is 0 Å². The van der Waals surface area contributed by atoms with Crippen LogP contribution >= 0.6 is 0 Å². The van der Waals surface area contributed by atoms with Crippen LogP contribution in [0, 0.1) is 29.4 Å². The Kier molecular flexibility index (Phi) is 11.7. The van der Waals surface area contributed by atoms with Crippen molar-refractivity contribution in [2.24, 2.45) is 17.8 Å². The molecule has 3 heteroatoms. The van der Waals surface area contributed by atoms with Gasteiger partial charge in [-0.3, -0.25) is 0 Å². The van der Waals surface area contributed by atoms with Gasteiger partial charge in [-0.05, 0) is 99.7 Å². The van der Waals surface area contributed by atoms with Crippen molar-refractivity contribution in [1.29, 1.82) is 0 Å². The van der Waals surface area contributed by atoms with E-state index in [-0.39, 0.29) is 20.6 Å². The molecule has 2 aliphatic carbocycles. The Labute approximate surface area is 211 Å². The van der Waals surface area contributed by atoms with Crippen LogP contribution in [0.15, 0.2) is 12.1 Å². The molecule has 3 rings (SSSR count). The molecule has 2 aliphatic rings. The van der Waals surface area contributed by atoms with Gasteiger partial charge >= 0.3 is 0 Å². The van der Waals surface area contributed by atoms with Crippen molar-refractivity contribution >= 4 is 0 Å². The molecule has 1 unspecified atom stereocenters. The SMILES string of the molecule is CCCCCCC(C)Oc1c(F)cc(C2CCC(C3CCC(CCCCC)CC3)CC2)cc1F.[HH].[HH]. The van der Waals surface area contributed by atoms with Gasteiger partial charge in [0.05, 0.1) is 6.10 Å². The number of hydrogen-bond donors (Lipinski definition) is 0. The van der Waals surface area contributed by atoms with Gasteiger partial charge in [0, 0.05) is 2.85 Å². The molecule has 0 radical (unpaired) electrons. The number of hydrogen-bond acceptors (Lipinski definition) is 1. The smallest absolute Gasteiger partial charge is 0.191 e. The third-order valence-corrected chi connectivity index (χ3v) is 8.82. The van der Waals surface area contributed by atoms with Crippen molar-refractivity contribution in [3.8, 4) is 5.75 Å². The molecule has 1 nitrogen and oxygen atoms in total. The van der Waals surface area contributed by atoms with Gasteiger partial charge in [0.2, 0.25) is 0 Å². The van der Waals surface area contributed by atoms with Crippen LogP contribution < -0.4 is 4.74 Å². The van der Waals surface area contributed by atoms with Crippen molar-refractivity contribution in [3.63, 3.8) is 0 Å². The lowest BCUT2D eigenvalue weighted by Crippen LogP contribution is -2.25. The van der Waals surface area contributed by atoms with E-state index in [1.807, 2.05) is 6.92 Å². The summed E-state index contributed by atoms with van der Waals surface area (Å²) < 4.78 is 35.3. The van der Waals surface area contributed by atoms with E-state index in [9.17, 15) is 8.78 Å². The van der Waals surface area contributed by atoms with Gasteiger partial charge in [-0.1, -0.05) is 71.6 Å². The van der Waals surface area contributed by atoms with Gasteiger partial charge in [-0.15, -0.1) is 0 Å². The van der Waals surface area contributed by atoms with Crippen LogP contribution in [0.1, 0.15) is 144 Å². The van der Waals surface area contributed by atoms with Gasteiger partial charge < -0.3 is 4.74 Å². The summed E-state index contributed by atoms with van der Waals surface area (Å²) in [5.41, 5.74) is 0.830. The summed E-state index contributed by atoms with van der Waals surface area (Å²) in [6, 6.07) is 3.10. The summed E-state index contributed by atoms with van der Waals surface area (Å²) in [5.74, 6) is 1.70.